The number of rotatable bonds is 12. The predicted molar refractivity (Wildman–Crippen MR) is 119 cm³/mol. The van der Waals surface area contributed by atoms with Crippen molar-refractivity contribution in [2.75, 3.05) is 54.2 Å². The Morgan fingerprint density at radius 1 is 0.969 bits per heavy atom. The van der Waals surface area contributed by atoms with Gasteiger partial charge in [0.2, 0.25) is 0 Å². The maximum atomic E-state index is 12.3. The van der Waals surface area contributed by atoms with Crippen LogP contribution >= 0.6 is 0 Å². The van der Waals surface area contributed by atoms with Gasteiger partial charge in [0.1, 0.15) is 13.6 Å². The lowest BCUT2D eigenvalue weighted by atomic mass is 9.89. The average Bonchev–Trinajstić information content (AvgIpc) is 3.17. The van der Waals surface area contributed by atoms with Gasteiger partial charge >= 0.3 is 5.97 Å². The highest BCUT2D eigenvalue weighted by molar-refractivity contribution is 5.82. The molecule has 8 heteroatoms. The Balaban J connectivity index is 2.04. The summed E-state index contributed by atoms with van der Waals surface area (Å²) in [4.78, 5) is 12.3. The summed E-state index contributed by atoms with van der Waals surface area (Å²) >= 11 is 0. The van der Waals surface area contributed by atoms with Crippen LogP contribution in [0.3, 0.4) is 0 Å². The molecule has 1 heterocycles. The van der Waals surface area contributed by atoms with E-state index in [2.05, 4.69) is 12.2 Å². The molecule has 5 atom stereocenters. The second kappa shape index (κ2) is 16.3. The largest absolute Gasteiger partial charge is 0.460 e. The van der Waals surface area contributed by atoms with E-state index in [1.54, 1.807) is 20.3 Å². The molecule has 1 aliphatic heterocycles. The van der Waals surface area contributed by atoms with Crippen molar-refractivity contribution in [1.82, 2.24) is 0 Å². The van der Waals surface area contributed by atoms with Crippen LogP contribution < -0.4 is 0 Å². The number of ether oxygens (including phenoxy) is 7. The third-order valence-electron chi connectivity index (χ3n) is 5.74. The first kappa shape index (κ1) is 27.0. The van der Waals surface area contributed by atoms with E-state index in [1.165, 1.54) is 6.08 Å². The van der Waals surface area contributed by atoms with Crippen LogP contribution in [0.1, 0.15) is 39.0 Å². The number of hydrogen-bond acceptors (Lipinski definition) is 8. The third-order valence-corrected chi connectivity index (χ3v) is 5.74. The van der Waals surface area contributed by atoms with Crippen LogP contribution in [0.15, 0.2) is 24.3 Å². The number of methoxy groups -OCH3 is 2. The normalized spacial score (nSPS) is 31.1. The average molecular weight is 457 g/mol. The quantitative estimate of drug-likeness (QED) is 0.192. The van der Waals surface area contributed by atoms with Gasteiger partial charge in [-0.25, -0.2) is 4.79 Å². The number of hydrogen-bond donors (Lipinski definition) is 0. The minimum atomic E-state index is -0.340. The zero-order chi connectivity index (χ0) is 23.0. The number of fused-ring (bicyclic) bond motifs is 1. The Morgan fingerprint density at radius 3 is 2.41 bits per heavy atom. The molecule has 0 aromatic heterocycles. The van der Waals surface area contributed by atoms with Crippen LogP contribution in [0.5, 0.6) is 0 Å². The van der Waals surface area contributed by atoms with Crippen molar-refractivity contribution in [3.8, 4) is 0 Å². The summed E-state index contributed by atoms with van der Waals surface area (Å²) in [6.07, 6.45) is 11.9. The van der Waals surface area contributed by atoms with Gasteiger partial charge in [0, 0.05) is 20.3 Å². The number of carbonyl (C=O) groups is 1. The van der Waals surface area contributed by atoms with Crippen LogP contribution in [-0.4, -0.2) is 78.5 Å². The lowest BCUT2D eigenvalue weighted by Gasteiger charge is -2.25. The van der Waals surface area contributed by atoms with Gasteiger partial charge < -0.3 is 33.2 Å². The number of cyclic esters (lactones) is 1. The highest BCUT2D eigenvalue weighted by Crippen LogP contribution is 2.39. The molecule has 2 rings (SSSR count). The molecule has 32 heavy (non-hydrogen) atoms. The summed E-state index contributed by atoms with van der Waals surface area (Å²) in [5, 5.41) is 0. The van der Waals surface area contributed by atoms with Crippen molar-refractivity contribution < 1.29 is 38.0 Å². The molecule has 2 aliphatic rings. The van der Waals surface area contributed by atoms with E-state index in [0.29, 0.717) is 26.4 Å². The molecule has 0 N–H and O–H groups in total. The molecule has 1 aliphatic carbocycles. The van der Waals surface area contributed by atoms with Crippen LogP contribution in [0.2, 0.25) is 0 Å². The molecule has 0 unspecified atom stereocenters. The van der Waals surface area contributed by atoms with Gasteiger partial charge in [0.15, 0.2) is 0 Å². The minimum Gasteiger partial charge on any atom is -0.460 e. The smallest absolute Gasteiger partial charge is 0.330 e. The first-order valence-electron chi connectivity index (χ1n) is 11.6. The Bertz CT molecular complexity index is 564. The van der Waals surface area contributed by atoms with Gasteiger partial charge in [-0.2, -0.15) is 0 Å². The second-order valence-electron chi connectivity index (χ2n) is 8.22. The van der Waals surface area contributed by atoms with Gasteiger partial charge in [0.25, 0.3) is 0 Å². The zero-order valence-corrected chi connectivity index (χ0v) is 19.7. The van der Waals surface area contributed by atoms with E-state index in [4.69, 9.17) is 33.2 Å². The fourth-order valence-electron chi connectivity index (χ4n) is 4.05. The first-order valence-corrected chi connectivity index (χ1v) is 11.6. The maximum absolute atomic E-state index is 12.3. The Kier molecular flexibility index (Phi) is 13.8. The Hall–Kier alpha value is -1.29. The molecule has 0 aromatic carbocycles. The molecule has 184 valence electrons. The molecule has 1 fully saturated rings. The van der Waals surface area contributed by atoms with Crippen LogP contribution in [0, 0.1) is 11.8 Å². The molecular formula is C24H40O8. The predicted octanol–water partition coefficient (Wildman–Crippen LogP) is 3.25. The molecule has 0 amide bonds. The molecule has 8 nitrogen and oxygen atoms in total. The summed E-state index contributed by atoms with van der Waals surface area (Å²) in [6.45, 7) is 4.29. The van der Waals surface area contributed by atoms with Crippen molar-refractivity contribution in [3.05, 3.63) is 24.3 Å². The van der Waals surface area contributed by atoms with E-state index in [9.17, 15) is 4.79 Å². The molecule has 0 bridgehead atoms. The molecule has 0 spiro atoms. The van der Waals surface area contributed by atoms with E-state index < -0.39 is 0 Å². The van der Waals surface area contributed by atoms with Crippen molar-refractivity contribution in [1.29, 1.82) is 0 Å². The van der Waals surface area contributed by atoms with Crippen LogP contribution in [-0.2, 0) is 38.0 Å². The molecule has 0 radical (unpaired) electrons. The maximum Gasteiger partial charge on any atom is 0.330 e. The topological polar surface area (TPSA) is 81.7 Å². The Labute approximate surface area is 192 Å². The van der Waals surface area contributed by atoms with Gasteiger partial charge in [0.05, 0.1) is 44.7 Å². The van der Waals surface area contributed by atoms with Crippen LogP contribution in [0.25, 0.3) is 0 Å². The summed E-state index contributed by atoms with van der Waals surface area (Å²) in [6, 6.07) is 0. The van der Waals surface area contributed by atoms with Gasteiger partial charge in [-0.05, 0) is 56.9 Å². The van der Waals surface area contributed by atoms with Crippen LogP contribution in [0.4, 0.5) is 0 Å². The molecule has 0 saturated heterocycles. The van der Waals surface area contributed by atoms with E-state index in [1.807, 2.05) is 6.92 Å². The fourth-order valence-corrected chi connectivity index (χ4v) is 4.05. The lowest BCUT2D eigenvalue weighted by molar-refractivity contribution is -0.142. The third kappa shape index (κ3) is 10.6. The van der Waals surface area contributed by atoms with E-state index >= 15 is 0 Å². The summed E-state index contributed by atoms with van der Waals surface area (Å²) in [5.41, 5.74) is 0. The SMILES string of the molecule is COCCOCO[C@@H]1C[C@@H]2[C@H](/C=C/CCC[C@H](C)OC(=O)/C=C/[C@H]2OCOCCOC)C1. The summed E-state index contributed by atoms with van der Waals surface area (Å²) in [5.74, 6) is 0.0952. The number of carbonyl (C=O) groups excluding carboxylic acids is 1. The number of esters is 1. The van der Waals surface area contributed by atoms with Gasteiger partial charge in [-0.3, -0.25) is 0 Å². The molecular weight excluding hydrogens is 416 g/mol. The van der Waals surface area contributed by atoms with Crippen molar-refractivity contribution in [3.63, 3.8) is 0 Å². The van der Waals surface area contributed by atoms with Crippen molar-refractivity contribution in [2.24, 2.45) is 11.8 Å². The van der Waals surface area contributed by atoms with E-state index in [0.717, 1.165) is 32.1 Å². The zero-order valence-electron chi connectivity index (χ0n) is 19.7. The monoisotopic (exact) mass is 456 g/mol. The molecule has 1 saturated carbocycles. The summed E-state index contributed by atoms with van der Waals surface area (Å²) in [7, 11) is 3.27. The summed E-state index contributed by atoms with van der Waals surface area (Å²) < 4.78 is 38.5. The van der Waals surface area contributed by atoms with Crippen molar-refractivity contribution >= 4 is 5.97 Å². The van der Waals surface area contributed by atoms with Gasteiger partial charge in [-0.15, -0.1) is 0 Å². The lowest BCUT2D eigenvalue weighted by Crippen LogP contribution is -2.27. The molecule has 0 aromatic rings. The fraction of sp³-hybridized carbons (Fsp3) is 0.792. The highest BCUT2D eigenvalue weighted by atomic mass is 16.7. The highest BCUT2D eigenvalue weighted by Gasteiger charge is 2.38. The second-order valence-corrected chi connectivity index (χ2v) is 8.22. The van der Waals surface area contributed by atoms with Crippen molar-refractivity contribution in [2.45, 2.75) is 57.3 Å². The Morgan fingerprint density at radius 2 is 1.69 bits per heavy atom. The minimum absolute atomic E-state index is 0.0611. The first-order chi connectivity index (χ1) is 15.6. The standard InChI is InChI=1S/C24H40O8/c1-19-7-5-4-6-8-20-15-21(30-17-28-13-11-26-2)16-22(20)23(9-10-24(25)32-19)31-18-29-14-12-27-3/h6,8-10,19-23H,4-5,7,11-18H2,1-3H3/b8-6+,10-9+/t19-,20+,21-,22+,23+/m0/s1. The number of allylic oxidation sites excluding steroid dienone is 2. The van der Waals surface area contributed by atoms with E-state index in [-0.39, 0.29) is 49.7 Å². The van der Waals surface area contributed by atoms with Gasteiger partial charge in [-0.1, -0.05) is 12.2 Å².